The van der Waals surface area contributed by atoms with Crippen LogP contribution in [0.5, 0.6) is 0 Å². The summed E-state index contributed by atoms with van der Waals surface area (Å²) < 4.78 is 28.7. The molecular weight excluding hydrogens is 440 g/mol. The molecule has 0 N–H and O–H groups in total. The van der Waals surface area contributed by atoms with Crippen molar-refractivity contribution in [2.75, 3.05) is 39.0 Å². The number of sulfone groups is 1. The number of benzene rings is 2. The summed E-state index contributed by atoms with van der Waals surface area (Å²) in [7, 11) is -3.24. The molecule has 1 atom stereocenters. The van der Waals surface area contributed by atoms with Crippen molar-refractivity contribution in [1.82, 2.24) is 9.80 Å². The standard InChI is InChI=1S/C25H30N2O5S/c1-33(30,31)22-9-7-20(8-10-22)24(19-5-3-2-4-6-19)21-11-14-26(15-12-21)23(28)13-16-27-17-18-32-25(27)29/h2-10,21,24H,11-18H2,1H3. The molecule has 0 bridgehead atoms. The molecule has 33 heavy (non-hydrogen) atoms. The molecule has 4 rings (SSSR count). The molecule has 2 aromatic rings. The Morgan fingerprint density at radius 1 is 1.00 bits per heavy atom. The summed E-state index contributed by atoms with van der Waals surface area (Å²) in [5.74, 6) is 0.549. The summed E-state index contributed by atoms with van der Waals surface area (Å²) >= 11 is 0. The van der Waals surface area contributed by atoms with Crippen LogP contribution < -0.4 is 0 Å². The minimum atomic E-state index is -3.24. The van der Waals surface area contributed by atoms with Gasteiger partial charge in [-0.1, -0.05) is 42.5 Å². The molecule has 1 unspecified atom stereocenters. The Kier molecular flexibility index (Phi) is 7.02. The summed E-state index contributed by atoms with van der Waals surface area (Å²) in [5, 5.41) is 0. The second-order valence-corrected chi connectivity index (χ2v) is 10.8. The highest BCUT2D eigenvalue weighted by molar-refractivity contribution is 7.90. The fourth-order valence-electron chi connectivity index (χ4n) is 4.82. The number of likely N-dealkylation sites (tertiary alicyclic amines) is 1. The number of ether oxygens (including phenoxy) is 1. The van der Waals surface area contributed by atoms with Gasteiger partial charge in [-0.15, -0.1) is 0 Å². The Morgan fingerprint density at radius 3 is 2.21 bits per heavy atom. The van der Waals surface area contributed by atoms with Crippen LogP contribution in [0.3, 0.4) is 0 Å². The maximum atomic E-state index is 12.7. The van der Waals surface area contributed by atoms with Crippen molar-refractivity contribution < 1.29 is 22.7 Å². The lowest BCUT2D eigenvalue weighted by molar-refractivity contribution is -0.132. The van der Waals surface area contributed by atoms with Gasteiger partial charge >= 0.3 is 6.09 Å². The highest BCUT2D eigenvalue weighted by Crippen LogP contribution is 2.38. The Bertz CT molecular complexity index is 1080. The highest BCUT2D eigenvalue weighted by atomic mass is 32.2. The Hall–Kier alpha value is -2.87. The van der Waals surface area contributed by atoms with Crippen LogP contribution in [-0.4, -0.2) is 69.3 Å². The number of hydrogen-bond acceptors (Lipinski definition) is 5. The molecule has 0 aliphatic carbocycles. The van der Waals surface area contributed by atoms with E-state index in [0.29, 0.717) is 50.0 Å². The number of amides is 2. The molecule has 2 aliphatic rings. The van der Waals surface area contributed by atoms with Crippen molar-refractivity contribution in [2.24, 2.45) is 5.92 Å². The van der Waals surface area contributed by atoms with E-state index in [1.807, 2.05) is 35.2 Å². The van der Waals surface area contributed by atoms with Gasteiger partial charge in [0, 0.05) is 38.2 Å². The predicted octanol–water partition coefficient (Wildman–Crippen LogP) is 3.30. The summed E-state index contributed by atoms with van der Waals surface area (Å²) in [4.78, 5) is 28.1. The molecule has 2 aromatic carbocycles. The van der Waals surface area contributed by atoms with Gasteiger partial charge in [0.05, 0.1) is 11.4 Å². The SMILES string of the molecule is CS(=O)(=O)c1ccc(C(c2ccccc2)C2CCN(C(=O)CCN3CCOC3=O)CC2)cc1. The third kappa shape index (κ3) is 5.55. The second kappa shape index (κ2) is 9.95. The van der Waals surface area contributed by atoms with Gasteiger partial charge in [-0.25, -0.2) is 13.2 Å². The molecule has 2 saturated heterocycles. The Morgan fingerprint density at radius 2 is 1.64 bits per heavy atom. The van der Waals surface area contributed by atoms with Crippen molar-refractivity contribution in [3.8, 4) is 0 Å². The number of nitrogens with zero attached hydrogens (tertiary/aromatic N) is 2. The number of carbonyl (C=O) groups is 2. The molecule has 2 amide bonds. The van der Waals surface area contributed by atoms with E-state index in [9.17, 15) is 18.0 Å². The van der Waals surface area contributed by atoms with E-state index in [1.165, 1.54) is 11.8 Å². The van der Waals surface area contributed by atoms with Gasteiger partial charge < -0.3 is 14.5 Å². The first-order valence-corrected chi connectivity index (χ1v) is 13.3. The largest absolute Gasteiger partial charge is 0.448 e. The first kappa shape index (κ1) is 23.3. The topological polar surface area (TPSA) is 84.0 Å². The zero-order valence-corrected chi connectivity index (χ0v) is 19.7. The van der Waals surface area contributed by atoms with Crippen LogP contribution in [0.4, 0.5) is 4.79 Å². The normalized spacial score (nSPS) is 18.3. The molecule has 2 heterocycles. The number of carbonyl (C=O) groups excluding carboxylic acids is 2. The van der Waals surface area contributed by atoms with Crippen LogP contribution in [0.15, 0.2) is 59.5 Å². The third-order valence-electron chi connectivity index (χ3n) is 6.63. The number of cyclic esters (lactones) is 1. The summed E-state index contributed by atoms with van der Waals surface area (Å²) in [6.07, 6.45) is 2.93. The predicted molar refractivity (Wildman–Crippen MR) is 125 cm³/mol. The molecule has 0 saturated carbocycles. The quantitative estimate of drug-likeness (QED) is 0.620. The molecule has 0 radical (unpaired) electrons. The van der Waals surface area contributed by atoms with Gasteiger partial charge in [0.25, 0.3) is 0 Å². The van der Waals surface area contributed by atoms with Crippen LogP contribution in [0, 0.1) is 5.92 Å². The fraction of sp³-hybridized carbons (Fsp3) is 0.440. The molecule has 0 spiro atoms. The molecule has 2 aliphatic heterocycles. The second-order valence-electron chi connectivity index (χ2n) is 8.80. The maximum absolute atomic E-state index is 12.7. The minimum Gasteiger partial charge on any atom is -0.448 e. The van der Waals surface area contributed by atoms with Gasteiger partial charge in [0.2, 0.25) is 5.91 Å². The smallest absolute Gasteiger partial charge is 0.409 e. The monoisotopic (exact) mass is 470 g/mol. The van der Waals surface area contributed by atoms with E-state index < -0.39 is 9.84 Å². The number of piperidine rings is 1. The number of hydrogen-bond donors (Lipinski definition) is 0. The van der Waals surface area contributed by atoms with Gasteiger partial charge in [-0.3, -0.25) is 4.79 Å². The fourth-order valence-corrected chi connectivity index (χ4v) is 5.45. The van der Waals surface area contributed by atoms with Crippen molar-refractivity contribution in [3.63, 3.8) is 0 Å². The van der Waals surface area contributed by atoms with E-state index in [-0.39, 0.29) is 17.9 Å². The van der Waals surface area contributed by atoms with E-state index in [1.54, 1.807) is 17.0 Å². The highest BCUT2D eigenvalue weighted by Gasteiger charge is 2.31. The number of rotatable bonds is 7. The van der Waals surface area contributed by atoms with Gasteiger partial charge in [-0.05, 0) is 42.0 Å². The molecule has 0 aromatic heterocycles. The van der Waals surface area contributed by atoms with Crippen LogP contribution >= 0.6 is 0 Å². The molecule has 7 nitrogen and oxygen atoms in total. The first-order chi connectivity index (χ1) is 15.8. The minimum absolute atomic E-state index is 0.0712. The lowest BCUT2D eigenvalue weighted by atomic mass is 9.76. The van der Waals surface area contributed by atoms with Crippen LogP contribution in [0.2, 0.25) is 0 Å². The lowest BCUT2D eigenvalue weighted by Crippen LogP contribution is -2.41. The molecular formula is C25H30N2O5S. The Balaban J connectivity index is 1.43. The molecule has 2 fully saturated rings. The van der Waals surface area contributed by atoms with Crippen molar-refractivity contribution >= 4 is 21.8 Å². The summed E-state index contributed by atoms with van der Waals surface area (Å²) in [5.41, 5.74) is 2.29. The van der Waals surface area contributed by atoms with E-state index >= 15 is 0 Å². The van der Waals surface area contributed by atoms with E-state index in [0.717, 1.165) is 18.4 Å². The van der Waals surface area contributed by atoms with Gasteiger partial charge in [0.15, 0.2) is 9.84 Å². The van der Waals surface area contributed by atoms with E-state index in [4.69, 9.17) is 4.74 Å². The summed E-state index contributed by atoms with van der Waals surface area (Å²) in [6, 6.07) is 17.5. The van der Waals surface area contributed by atoms with E-state index in [2.05, 4.69) is 12.1 Å². The zero-order valence-electron chi connectivity index (χ0n) is 18.9. The van der Waals surface area contributed by atoms with Crippen molar-refractivity contribution in [3.05, 3.63) is 65.7 Å². The van der Waals surface area contributed by atoms with Crippen LogP contribution in [0.25, 0.3) is 0 Å². The molecule has 8 heteroatoms. The van der Waals surface area contributed by atoms with Crippen molar-refractivity contribution in [2.45, 2.75) is 30.1 Å². The summed E-state index contributed by atoms with van der Waals surface area (Å²) in [6.45, 7) is 2.70. The van der Waals surface area contributed by atoms with Gasteiger partial charge in [-0.2, -0.15) is 0 Å². The lowest BCUT2D eigenvalue weighted by Gasteiger charge is -2.37. The third-order valence-corrected chi connectivity index (χ3v) is 7.76. The average Bonchev–Trinajstić information content (AvgIpc) is 3.23. The van der Waals surface area contributed by atoms with Crippen molar-refractivity contribution in [1.29, 1.82) is 0 Å². The average molecular weight is 471 g/mol. The van der Waals surface area contributed by atoms with Gasteiger partial charge in [0.1, 0.15) is 6.61 Å². The maximum Gasteiger partial charge on any atom is 0.409 e. The first-order valence-electron chi connectivity index (χ1n) is 11.4. The molecule has 176 valence electrons. The van der Waals surface area contributed by atoms with Crippen LogP contribution in [0.1, 0.15) is 36.3 Å². The van der Waals surface area contributed by atoms with Crippen LogP contribution in [-0.2, 0) is 19.4 Å². The zero-order chi connectivity index (χ0) is 23.4. The Labute approximate surface area is 195 Å².